The van der Waals surface area contributed by atoms with Crippen molar-refractivity contribution in [1.29, 1.82) is 0 Å². The maximum Gasteiger partial charge on any atom is 0.274 e. The first kappa shape index (κ1) is 19.1. The molecule has 3 rings (SSSR count). The van der Waals surface area contributed by atoms with Crippen molar-refractivity contribution in [2.45, 2.75) is 13.8 Å². The summed E-state index contributed by atoms with van der Waals surface area (Å²) in [5.41, 5.74) is 2.65. The monoisotopic (exact) mass is 375 g/mol. The van der Waals surface area contributed by atoms with Crippen LogP contribution in [0.2, 0.25) is 0 Å². The number of nitrogens with one attached hydrogen (secondary N) is 2. The maximum absolute atomic E-state index is 12.5. The number of nitrogens with zero attached hydrogens (tertiary/aromatic N) is 1. The van der Waals surface area contributed by atoms with Gasteiger partial charge in [-0.2, -0.15) is 0 Å². The highest BCUT2D eigenvalue weighted by atomic mass is 16.5. The molecule has 6 nitrogen and oxygen atoms in total. The molecule has 6 heteroatoms. The fourth-order valence-corrected chi connectivity index (χ4v) is 2.60. The lowest BCUT2D eigenvalue weighted by atomic mass is 10.2. The Morgan fingerprint density at radius 1 is 0.857 bits per heavy atom. The largest absolute Gasteiger partial charge is 0.494 e. The van der Waals surface area contributed by atoms with E-state index in [1.54, 1.807) is 48.5 Å². The van der Waals surface area contributed by atoms with Crippen LogP contribution in [-0.4, -0.2) is 23.4 Å². The van der Waals surface area contributed by atoms with Crippen molar-refractivity contribution in [2.24, 2.45) is 0 Å². The summed E-state index contributed by atoms with van der Waals surface area (Å²) >= 11 is 0. The summed E-state index contributed by atoms with van der Waals surface area (Å²) < 4.78 is 5.38. The summed E-state index contributed by atoms with van der Waals surface area (Å²) in [5, 5.41) is 5.55. The second-order valence-electron chi connectivity index (χ2n) is 6.14. The number of amides is 2. The van der Waals surface area contributed by atoms with Gasteiger partial charge in [-0.1, -0.05) is 18.2 Å². The van der Waals surface area contributed by atoms with E-state index in [0.717, 1.165) is 11.3 Å². The molecule has 142 valence electrons. The molecule has 0 saturated carbocycles. The number of benzene rings is 2. The topological polar surface area (TPSA) is 80.3 Å². The number of hydrogen-bond donors (Lipinski definition) is 2. The molecule has 0 aliphatic heterocycles. The molecule has 3 aromatic rings. The molecule has 0 bridgehead atoms. The van der Waals surface area contributed by atoms with Gasteiger partial charge in [-0.15, -0.1) is 0 Å². The number of anilines is 2. The lowest BCUT2D eigenvalue weighted by Crippen LogP contribution is -2.18. The van der Waals surface area contributed by atoms with Gasteiger partial charge in [0.15, 0.2) is 0 Å². The molecule has 0 radical (unpaired) electrons. The van der Waals surface area contributed by atoms with E-state index in [-0.39, 0.29) is 17.3 Å². The molecule has 2 aromatic carbocycles. The van der Waals surface area contributed by atoms with Gasteiger partial charge in [-0.25, -0.2) is 4.98 Å². The van der Waals surface area contributed by atoms with Crippen LogP contribution in [0.4, 0.5) is 11.4 Å². The van der Waals surface area contributed by atoms with E-state index in [2.05, 4.69) is 15.6 Å². The molecule has 1 heterocycles. The first-order chi connectivity index (χ1) is 13.5. The van der Waals surface area contributed by atoms with Crippen LogP contribution in [0.1, 0.15) is 33.5 Å². The minimum absolute atomic E-state index is 0.158. The molecule has 0 atom stereocenters. The van der Waals surface area contributed by atoms with Gasteiger partial charge in [-0.3, -0.25) is 9.59 Å². The number of carbonyl (C=O) groups excluding carboxylic acids is 2. The lowest BCUT2D eigenvalue weighted by molar-refractivity contribution is 0.101. The molecular weight excluding hydrogens is 354 g/mol. The number of rotatable bonds is 6. The van der Waals surface area contributed by atoms with Gasteiger partial charge < -0.3 is 15.4 Å². The van der Waals surface area contributed by atoms with Crippen LogP contribution in [0.25, 0.3) is 0 Å². The normalized spacial score (nSPS) is 10.2. The van der Waals surface area contributed by atoms with Crippen LogP contribution in [-0.2, 0) is 0 Å². The van der Waals surface area contributed by atoms with Gasteiger partial charge in [-0.05, 0) is 67.9 Å². The van der Waals surface area contributed by atoms with Crippen LogP contribution in [0.15, 0.2) is 66.7 Å². The fraction of sp³-hybridized carbons (Fsp3) is 0.136. The third-order valence-corrected chi connectivity index (χ3v) is 3.91. The Hall–Kier alpha value is -3.67. The Kier molecular flexibility index (Phi) is 6.01. The summed E-state index contributed by atoms with van der Waals surface area (Å²) in [6, 6.07) is 19.3. The first-order valence-corrected chi connectivity index (χ1v) is 8.94. The average Bonchev–Trinajstić information content (AvgIpc) is 2.70. The van der Waals surface area contributed by atoms with Crippen LogP contribution in [0.3, 0.4) is 0 Å². The van der Waals surface area contributed by atoms with Crippen molar-refractivity contribution in [3.05, 3.63) is 83.7 Å². The third-order valence-electron chi connectivity index (χ3n) is 3.91. The Labute approximate surface area is 163 Å². The number of aromatic nitrogens is 1. The molecule has 0 aliphatic rings. The second kappa shape index (κ2) is 8.81. The summed E-state index contributed by atoms with van der Waals surface area (Å²) in [5.74, 6) is -0.0378. The molecule has 0 saturated heterocycles. The van der Waals surface area contributed by atoms with Gasteiger partial charge in [0.2, 0.25) is 0 Å². The maximum atomic E-state index is 12.5. The molecule has 2 N–H and O–H groups in total. The predicted molar refractivity (Wildman–Crippen MR) is 109 cm³/mol. The average molecular weight is 375 g/mol. The number of ether oxygens (including phenoxy) is 1. The van der Waals surface area contributed by atoms with Crippen molar-refractivity contribution in [3.8, 4) is 5.75 Å². The van der Waals surface area contributed by atoms with Gasteiger partial charge in [0, 0.05) is 11.4 Å². The summed E-state index contributed by atoms with van der Waals surface area (Å²) in [6.45, 7) is 4.43. The highest BCUT2D eigenvalue weighted by Crippen LogP contribution is 2.16. The minimum atomic E-state index is -0.394. The zero-order chi connectivity index (χ0) is 19.9. The van der Waals surface area contributed by atoms with Gasteiger partial charge in [0.25, 0.3) is 11.8 Å². The fourth-order valence-electron chi connectivity index (χ4n) is 2.60. The zero-order valence-corrected chi connectivity index (χ0v) is 15.7. The van der Waals surface area contributed by atoms with E-state index in [0.29, 0.717) is 18.0 Å². The predicted octanol–water partition coefficient (Wildman–Crippen LogP) is 4.29. The molecule has 0 spiro atoms. The van der Waals surface area contributed by atoms with Gasteiger partial charge in [0.05, 0.1) is 6.61 Å². The van der Waals surface area contributed by atoms with Crippen molar-refractivity contribution < 1.29 is 14.3 Å². The van der Waals surface area contributed by atoms with Crippen molar-refractivity contribution in [2.75, 3.05) is 17.2 Å². The quantitative estimate of drug-likeness (QED) is 0.673. The van der Waals surface area contributed by atoms with Gasteiger partial charge >= 0.3 is 0 Å². The highest BCUT2D eigenvalue weighted by Gasteiger charge is 2.13. The third kappa shape index (κ3) is 4.94. The molecule has 1 aromatic heterocycles. The number of pyridine rings is 1. The van der Waals surface area contributed by atoms with Crippen LogP contribution < -0.4 is 15.4 Å². The second-order valence-corrected chi connectivity index (χ2v) is 6.14. The zero-order valence-electron chi connectivity index (χ0n) is 15.7. The molecule has 0 fully saturated rings. The van der Waals surface area contributed by atoms with E-state index in [9.17, 15) is 9.59 Å². The molecular formula is C22H21N3O3. The number of hydrogen-bond acceptors (Lipinski definition) is 4. The number of aryl methyl sites for hydroxylation is 1. The summed E-state index contributed by atoms with van der Waals surface area (Å²) in [6.07, 6.45) is 0. The number of carbonyl (C=O) groups is 2. The minimum Gasteiger partial charge on any atom is -0.494 e. The molecule has 0 aliphatic carbocycles. The van der Waals surface area contributed by atoms with Crippen LogP contribution in [0, 0.1) is 6.92 Å². The van der Waals surface area contributed by atoms with Crippen LogP contribution in [0.5, 0.6) is 5.75 Å². The van der Waals surface area contributed by atoms with E-state index < -0.39 is 5.91 Å². The van der Waals surface area contributed by atoms with Crippen molar-refractivity contribution in [3.63, 3.8) is 0 Å². The van der Waals surface area contributed by atoms with Crippen LogP contribution >= 0.6 is 0 Å². The Morgan fingerprint density at radius 2 is 1.46 bits per heavy atom. The Bertz CT molecular complexity index is 984. The van der Waals surface area contributed by atoms with Crippen molar-refractivity contribution in [1.82, 2.24) is 4.98 Å². The molecule has 0 unspecified atom stereocenters. The van der Waals surface area contributed by atoms with Gasteiger partial charge in [0.1, 0.15) is 17.1 Å². The Morgan fingerprint density at radius 3 is 2.07 bits per heavy atom. The van der Waals surface area contributed by atoms with E-state index >= 15 is 0 Å². The SMILES string of the molecule is CCOc1ccc(NC(=O)c2cccc(C(=O)Nc3cccc(C)c3)n2)cc1. The van der Waals surface area contributed by atoms with Crippen molar-refractivity contribution >= 4 is 23.2 Å². The first-order valence-electron chi connectivity index (χ1n) is 8.94. The highest BCUT2D eigenvalue weighted by molar-refractivity contribution is 6.06. The molecule has 28 heavy (non-hydrogen) atoms. The Balaban J connectivity index is 1.69. The summed E-state index contributed by atoms with van der Waals surface area (Å²) in [4.78, 5) is 29.1. The smallest absolute Gasteiger partial charge is 0.274 e. The van der Waals surface area contributed by atoms with E-state index in [4.69, 9.17) is 4.74 Å². The van der Waals surface area contributed by atoms with E-state index in [1.165, 1.54) is 0 Å². The molecule has 2 amide bonds. The summed E-state index contributed by atoms with van der Waals surface area (Å²) in [7, 11) is 0. The standard InChI is InChI=1S/C22H21N3O3/c1-3-28-18-12-10-16(11-13-18)23-21(26)19-8-5-9-20(25-19)22(27)24-17-7-4-6-15(2)14-17/h4-14H,3H2,1-2H3,(H,23,26)(H,24,27). The van der Waals surface area contributed by atoms with E-state index in [1.807, 2.05) is 32.0 Å². The lowest BCUT2D eigenvalue weighted by Gasteiger charge is -2.08.